The largest absolute Gasteiger partial charge is 0.497 e. The summed E-state index contributed by atoms with van der Waals surface area (Å²) < 4.78 is 6.64. The molecule has 102 valence electrons. The zero-order chi connectivity index (χ0) is 13.8. The third-order valence-electron chi connectivity index (χ3n) is 2.62. The standard InChI is InChI=1S/C13H13BrClNO2S/c1-18-9-4-2-8(3-5-9)16-11(7-17)12-6-10(14)13(15)19-12/h2-6,11,16-17H,7H2,1H3. The Hall–Kier alpha value is -0.750. The molecule has 3 nitrogen and oxygen atoms in total. The average molecular weight is 363 g/mol. The van der Waals surface area contributed by atoms with Gasteiger partial charge in [0, 0.05) is 15.0 Å². The first kappa shape index (κ1) is 14.7. The molecule has 0 saturated heterocycles. The lowest BCUT2D eigenvalue weighted by molar-refractivity contribution is 0.277. The number of aliphatic hydroxyl groups is 1. The molecule has 1 unspecified atom stereocenters. The molecule has 19 heavy (non-hydrogen) atoms. The number of rotatable bonds is 5. The number of hydrogen-bond acceptors (Lipinski definition) is 4. The molecule has 2 N–H and O–H groups in total. The summed E-state index contributed by atoms with van der Waals surface area (Å²) in [6, 6.07) is 9.30. The van der Waals surface area contributed by atoms with Crippen LogP contribution in [0, 0.1) is 0 Å². The molecule has 0 aliphatic carbocycles. The van der Waals surface area contributed by atoms with Crippen molar-refractivity contribution >= 4 is 44.6 Å². The number of thiophene rings is 1. The Bertz CT molecular complexity index is 525. The Morgan fingerprint density at radius 3 is 2.58 bits per heavy atom. The van der Waals surface area contributed by atoms with Crippen molar-refractivity contribution in [2.45, 2.75) is 6.04 Å². The van der Waals surface area contributed by atoms with Crippen LogP contribution < -0.4 is 10.1 Å². The molecule has 0 aliphatic heterocycles. The van der Waals surface area contributed by atoms with E-state index in [-0.39, 0.29) is 12.6 Å². The molecule has 1 atom stereocenters. The molecule has 0 bridgehead atoms. The fraction of sp³-hybridized carbons (Fsp3) is 0.231. The van der Waals surface area contributed by atoms with Gasteiger partial charge in [-0.15, -0.1) is 11.3 Å². The van der Waals surface area contributed by atoms with Crippen molar-refractivity contribution in [1.29, 1.82) is 0 Å². The van der Waals surface area contributed by atoms with Crippen LogP contribution in [-0.2, 0) is 0 Å². The minimum atomic E-state index is -0.179. The zero-order valence-corrected chi connectivity index (χ0v) is 13.3. The number of methoxy groups -OCH3 is 1. The van der Waals surface area contributed by atoms with E-state index in [0.29, 0.717) is 4.34 Å². The van der Waals surface area contributed by atoms with E-state index in [1.165, 1.54) is 11.3 Å². The molecule has 1 aromatic heterocycles. The smallest absolute Gasteiger partial charge is 0.119 e. The maximum Gasteiger partial charge on any atom is 0.119 e. The Labute approximate surface area is 129 Å². The Kier molecular flexibility index (Phi) is 5.10. The van der Waals surface area contributed by atoms with Gasteiger partial charge in [0.05, 0.1) is 19.8 Å². The number of halogens is 2. The zero-order valence-electron chi connectivity index (χ0n) is 10.2. The lowest BCUT2D eigenvalue weighted by atomic mass is 10.2. The van der Waals surface area contributed by atoms with Crippen LogP contribution in [-0.4, -0.2) is 18.8 Å². The van der Waals surface area contributed by atoms with Gasteiger partial charge in [-0.05, 0) is 46.3 Å². The Balaban J connectivity index is 2.13. The summed E-state index contributed by atoms with van der Waals surface area (Å²) in [5.41, 5.74) is 0.917. The molecular formula is C13H13BrClNO2S. The lowest BCUT2D eigenvalue weighted by Crippen LogP contribution is -2.13. The van der Waals surface area contributed by atoms with Gasteiger partial charge in [0.2, 0.25) is 0 Å². The first-order chi connectivity index (χ1) is 9.13. The maximum atomic E-state index is 9.50. The van der Waals surface area contributed by atoms with E-state index >= 15 is 0 Å². The summed E-state index contributed by atoms with van der Waals surface area (Å²) in [5, 5.41) is 12.8. The molecule has 1 heterocycles. The van der Waals surface area contributed by atoms with Crippen molar-refractivity contribution in [2.75, 3.05) is 19.0 Å². The molecule has 2 aromatic rings. The first-order valence-electron chi connectivity index (χ1n) is 5.60. The van der Waals surface area contributed by atoms with Crippen LogP contribution in [0.15, 0.2) is 34.8 Å². The minimum Gasteiger partial charge on any atom is -0.497 e. The van der Waals surface area contributed by atoms with E-state index in [1.807, 2.05) is 30.3 Å². The van der Waals surface area contributed by atoms with E-state index in [2.05, 4.69) is 21.2 Å². The van der Waals surface area contributed by atoms with Gasteiger partial charge in [-0.25, -0.2) is 0 Å². The van der Waals surface area contributed by atoms with Crippen LogP contribution in [0.2, 0.25) is 4.34 Å². The van der Waals surface area contributed by atoms with Crippen LogP contribution in [0.1, 0.15) is 10.9 Å². The third kappa shape index (κ3) is 3.63. The molecule has 0 saturated carbocycles. The van der Waals surface area contributed by atoms with E-state index in [1.54, 1.807) is 7.11 Å². The molecule has 6 heteroatoms. The average Bonchev–Trinajstić information content (AvgIpc) is 2.76. The number of nitrogens with one attached hydrogen (secondary N) is 1. The normalized spacial score (nSPS) is 12.2. The van der Waals surface area contributed by atoms with Gasteiger partial charge in [0.15, 0.2) is 0 Å². The summed E-state index contributed by atoms with van der Waals surface area (Å²) in [4.78, 5) is 0.982. The predicted molar refractivity (Wildman–Crippen MR) is 83.5 cm³/mol. The van der Waals surface area contributed by atoms with Gasteiger partial charge in [-0.3, -0.25) is 0 Å². The van der Waals surface area contributed by atoms with Crippen LogP contribution in [0.25, 0.3) is 0 Å². The highest BCUT2D eigenvalue weighted by molar-refractivity contribution is 9.10. The van der Waals surface area contributed by atoms with Gasteiger partial charge < -0.3 is 15.2 Å². The van der Waals surface area contributed by atoms with Gasteiger partial charge >= 0.3 is 0 Å². The number of hydrogen-bond donors (Lipinski definition) is 2. The molecule has 0 fully saturated rings. The van der Waals surface area contributed by atoms with Crippen molar-refractivity contribution in [3.8, 4) is 5.75 Å². The molecule has 2 rings (SSSR count). The fourth-order valence-corrected chi connectivity index (χ4v) is 3.41. The van der Waals surface area contributed by atoms with Gasteiger partial charge in [-0.2, -0.15) is 0 Å². The van der Waals surface area contributed by atoms with Gasteiger partial charge in [0.1, 0.15) is 10.1 Å². The van der Waals surface area contributed by atoms with Crippen molar-refractivity contribution in [1.82, 2.24) is 0 Å². The highest BCUT2D eigenvalue weighted by atomic mass is 79.9. The molecule has 0 radical (unpaired) electrons. The Morgan fingerprint density at radius 2 is 2.11 bits per heavy atom. The van der Waals surface area contributed by atoms with Crippen LogP contribution in [0.5, 0.6) is 5.75 Å². The third-order valence-corrected chi connectivity index (χ3v) is 5.21. The maximum absolute atomic E-state index is 9.50. The number of aliphatic hydroxyl groups excluding tert-OH is 1. The second-order valence-electron chi connectivity index (χ2n) is 3.88. The van der Waals surface area contributed by atoms with E-state index in [9.17, 15) is 5.11 Å². The first-order valence-corrected chi connectivity index (χ1v) is 7.59. The molecule has 0 spiro atoms. The molecule has 0 amide bonds. The monoisotopic (exact) mass is 361 g/mol. The topological polar surface area (TPSA) is 41.5 Å². The van der Waals surface area contributed by atoms with E-state index < -0.39 is 0 Å². The number of ether oxygens (including phenoxy) is 1. The van der Waals surface area contributed by atoms with Crippen molar-refractivity contribution in [3.63, 3.8) is 0 Å². The van der Waals surface area contributed by atoms with Gasteiger partial charge in [-0.1, -0.05) is 11.6 Å². The highest BCUT2D eigenvalue weighted by Gasteiger charge is 2.15. The van der Waals surface area contributed by atoms with Crippen molar-refractivity contribution in [2.24, 2.45) is 0 Å². The number of benzene rings is 1. The second-order valence-corrected chi connectivity index (χ2v) is 6.42. The van der Waals surface area contributed by atoms with Crippen LogP contribution >= 0.6 is 38.9 Å². The quantitative estimate of drug-likeness (QED) is 0.832. The van der Waals surface area contributed by atoms with Crippen molar-refractivity contribution < 1.29 is 9.84 Å². The summed E-state index contributed by atoms with van der Waals surface area (Å²) in [5.74, 6) is 0.799. The fourth-order valence-electron chi connectivity index (χ4n) is 1.63. The molecular weight excluding hydrogens is 350 g/mol. The van der Waals surface area contributed by atoms with Gasteiger partial charge in [0.25, 0.3) is 0 Å². The van der Waals surface area contributed by atoms with Crippen LogP contribution in [0.4, 0.5) is 5.69 Å². The van der Waals surface area contributed by atoms with E-state index in [0.717, 1.165) is 20.8 Å². The summed E-state index contributed by atoms with van der Waals surface area (Å²) in [7, 11) is 1.63. The summed E-state index contributed by atoms with van der Waals surface area (Å²) in [6.45, 7) is -0.00465. The lowest BCUT2D eigenvalue weighted by Gasteiger charge is -2.16. The SMILES string of the molecule is COc1ccc(NC(CO)c2cc(Br)c(Cl)s2)cc1. The number of anilines is 1. The molecule has 0 aliphatic rings. The minimum absolute atomic E-state index is 0.00465. The van der Waals surface area contributed by atoms with E-state index in [4.69, 9.17) is 16.3 Å². The molecule has 1 aromatic carbocycles. The second kappa shape index (κ2) is 6.61. The predicted octanol–water partition coefficient (Wildman–Crippen LogP) is 4.32. The van der Waals surface area contributed by atoms with Crippen molar-refractivity contribution in [3.05, 3.63) is 44.0 Å². The Morgan fingerprint density at radius 1 is 1.42 bits per heavy atom. The highest BCUT2D eigenvalue weighted by Crippen LogP contribution is 2.36. The summed E-state index contributed by atoms with van der Waals surface area (Å²) >= 11 is 10.8. The van der Waals surface area contributed by atoms with Crippen LogP contribution in [0.3, 0.4) is 0 Å². The summed E-state index contributed by atoms with van der Waals surface area (Å²) in [6.07, 6.45) is 0.